The Labute approximate surface area is 129 Å². The van der Waals surface area contributed by atoms with E-state index in [0.29, 0.717) is 23.2 Å². The number of benzene rings is 1. The highest BCUT2D eigenvalue weighted by Gasteiger charge is 2.36. The van der Waals surface area contributed by atoms with Crippen LogP contribution in [0.3, 0.4) is 0 Å². The fraction of sp³-hybridized carbons (Fsp3) is 0.263. The predicted molar refractivity (Wildman–Crippen MR) is 84.3 cm³/mol. The predicted octanol–water partition coefficient (Wildman–Crippen LogP) is 4.50. The van der Waals surface area contributed by atoms with E-state index < -0.39 is 0 Å². The Bertz CT molecular complexity index is 792. The highest BCUT2D eigenvalue weighted by atomic mass is 16.3. The van der Waals surface area contributed by atoms with Crippen LogP contribution in [-0.4, -0.2) is 5.78 Å². The zero-order valence-electron chi connectivity index (χ0n) is 12.7. The highest BCUT2D eigenvalue weighted by molar-refractivity contribution is 6.14. The van der Waals surface area contributed by atoms with Crippen molar-refractivity contribution in [1.29, 1.82) is 5.26 Å². The van der Waals surface area contributed by atoms with Crippen LogP contribution in [0.5, 0.6) is 0 Å². The van der Waals surface area contributed by atoms with E-state index in [1.807, 2.05) is 37.3 Å². The molecule has 1 aromatic heterocycles. The van der Waals surface area contributed by atoms with Crippen LogP contribution in [0.2, 0.25) is 0 Å². The molecule has 1 aromatic carbocycles. The minimum atomic E-state index is -0.265. The van der Waals surface area contributed by atoms with E-state index in [9.17, 15) is 10.1 Å². The van der Waals surface area contributed by atoms with Gasteiger partial charge in [-0.2, -0.15) is 5.26 Å². The van der Waals surface area contributed by atoms with Gasteiger partial charge >= 0.3 is 0 Å². The summed E-state index contributed by atoms with van der Waals surface area (Å²) in [6.07, 6.45) is 2.68. The highest BCUT2D eigenvalue weighted by Crippen LogP contribution is 2.47. The van der Waals surface area contributed by atoms with Crippen LogP contribution in [0.25, 0.3) is 6.08 Å². The Kier molecular flexibility index (Phi) is 3.68. The van der Waals surface area contributed by atoms with Crippen molar-refractivity contribution in [3.05, 3.63) is 64.6 Å². The van der Waals surface area contributed by atoms with Gasteiger partial charge in [0.2, 0.25) is 5.78 Å². The number of nitriles is 1. The Hall–Kier alpha value is -2.60. The van der Waals surface area contributed by atoms with E-state index in [1.54, 1.807) is 12.1 Å². The minimum Gasteiger partial charge on any atom is -0.461 e. The zero-order valence-corrected chi connectivity index (χ0v) is 12.7. The number of Topliss-reactive ketones (excluding diaryl/α,β-unsaturated/α-hetero) is 1. The average molecular weight is 291 g/mol. The lowest BCUT2D eigenvalue weighted by molar-refractivity contribution is 0.103. The summed E-state index contributed by atoms with van der Waals surface area (Å²) < 4.78 is 5.75. The van der Waals surface area contributed by atoms with Crippen molar-refractivity contribution in [1.82, 2.24) is 0 Å². The molecule has 0 spiro atoms. The molecule has 2 atom stereocenters. The smallest absolute Gasteiger partial charge is 0.203 e. The quantitative estimate of drug-likeness (QED) is 0.473. The summed E-state index contributed by atoms with van der Waals surface area (Å²) in [6.45, 7) is 4.05. The van der Waals surface area contributed by atoms with Gasteiger partial charge in [0, 0.05) is 17.6 Å². The maximum Gasteiger partial charge on any atom is 0.203 e. The number of carbonyl (C=O) groups is 1. The maximum absolute atomic E-state index is 12.5. The van der Waals surface area contributed by atoms with E-state index in [4.69, 9.17) is 4.42 Å². The van der Waals surface area contributed by atoms with Gasteiger partial charge in [0.15, 0.2) is 0 Å². The zero-order chi connectivity index (χ0) is 15.7. The lowest BCUT2D eigenvalue weighted by Crippen LogP contribution is -2.03. The third-order valence-electron chi connectivity index (χ3n) is 4.16. The van der Waals surface area contributed by atoms with Crippen LogP contribution >= 0.6 is 0 Å². The van der Waals surface area contributed by atoms with Gasteiger partial charge in [0.05, 0.1) is 0 Å². The van der Waals surface area contributed by atoms with Crippen LogP contribution in [0.15, 0.2) is 46.4 Å². The molecule has 110 valence electrons. The number of hydrogen-bond acceptors (Lipinski definition) is 3. The molecule has 1 aliphatic rings. The fourth-order valence-corrected chi connectivity index (χ4v) is 2.63. The van der Waals surface area contributed by atoms with Crippen molar-refractivity contribution >= 4 is 11.9 Å². The molecule has 3 rings (SSSR count). The second kappa shape index (κ2) is 5.65. The Morgan fingerprint density at radius 3 is 2.68 bits per heavy atom. The normalized spacial score (nSPS) is 20.5. The molecular weight excluding hydrogens is 274 g/mol. The summed E-state index contributed by atoms with van der Waals surface area (Å²) in [5.41, 5.74) is 1.51. The molecule has 1 aliphatic carbocycles. The van der Waals surface area contributed by atoms with E-state index >= 15 is 0 Å². The van der Waals surface area contributed by atoms with Gasteiger partial charge in [-0.15, -0.1) is 0 Å². The lowest BCUT2D eigenvalue weighted by atomic mass is 9.99. The maximum atomic E-state index is 12.5. The number of hydrogen-bond donors (Lipinski definition) is 0. The van der Waals surface area contributed by atoms with E-state index in [0.717, 1.165) is 17.7 Å². The third-order valence-corrected chi connectivity index (χ3v) is 4.16. The van der Waals surface area contributed by atoms with Crippen molar-refractivity contribution < 1.29 is 9.21 Å². The second-order valence-corrected chi connectivity index (χ2v) is 5.87. The summed E-state index contributed by atoms with van der Waals surface area (Å²) in [5.74, 6) is 2.39. The number of aryl methyl sites for hydroxylation is 1. The SMILES string of the molecule is Cc1ccccc1C(=O)/C(C#N)=C/c1ccc([C@H]2C[C@@H]2C)o1. The molecule has 22 heavy (non-hydrogen) atoms. The molecular formula is C19H17NO2. The first-order valence-electron chi connectivity index (χ1n) is 7.42. The van der Waals surface area contributed by atoms with Crippen LogP contribution in [-0.2, 0) is 0 Å². The molecule has 3 heteroatoms. The fourth-order valence-electron chi connectivity index (χ4n) is 2.63. The standard InChI is InChI=1S/C19H17NO2/c1-12-5-3-4-6-16(12)19(21)14(11-20)10-15-7-8-18(22-15)17-9-13(17)2/h3-8,10,13,17H,9H2,1-2H3/b14-10+/t13-,17-/m0/s1. The van der Waals surface area contributed by atoms with Crippen molar-refractivity contribution in [2.75, 3.05) is 0 Å². The molecule has 1 heterocycles. The summed E-state index contributed by atoms with van der Waals surface area (Å²) in [4.78, 5) is 12.5. The van der Waals surface area contributed by atoms with Gasteiger partial charge in [0.25, 0.3) is 0 Å². The van der Waals surface area contributed by atoms with Crippen LogP contribution in [0.1, 0.15) is 46.7 Å². The van der Waals surface area contributed by atoms with Crippen molar-refractivity contribution in [3.8, 4) is 6.07 Å². The first-order chi connectivity index (χ1) is 10.6. The average Bonchev–Trinajstić information content (AvgIpc) is 3.07. The molecule has 0 radical (unpaired) electrons. The number of furan rings is 1. The summed E-state index contributed by atoms with van der Waals surface area (Å²) in [5, 5.41) is 9.30. The molecule has 3 nitrogen and oxygen atoms in total. The van der Waals surface area contributed by atoms with Crippen LogP contribution < -0.4 is 0 Å². The number of rotatable bonds is 4. The molecule has 0 saturated heterocycles. The molecule has 1 fully saturated rings. The number of allylic oxidation sites excluding steroid dienone is 1. The Morgan fingerprint density at radius 1 is 1.32 bits per heavy atom. The summed E-state index contributed by atoms with van der Waals surface area (Å²) in [7, 11) is 0. The summed E-state index contributed by atoms with van der Waals surface area (Å²) in [6, 6.07) is 13.0. The van der Waals surface area contributed by atoms with E-state index in [-0.39, 0.29) is 11.4 Å². The number of nitrogens with zero attached hydrogens (tertiary/aromatic N) is 1. The Morgan fingerprint density at radius 2 is 2.05 bits per heavy atom. The van der Waals surface area contributed by atoms with Gasteiger partial charge < -0.3 is 4.42 Å². The second-order valence-electron chi connectivity index (χ2n) is 5.87. The van der Waals surface area contributed by atoms with Crippen LogP contribution in [0, 0.1) is 24.2 Å². The van der Waals surface area contributed by atoms with E-state index in [2.05, 4.69) is 6.92 Å². The first-order valence-corrected chi connectivity index (χ1v) is 7.42. The molecule has 0 unspecified atom stereocenters. The van der Waals surface area contributed by atoms with Gasteiger partial charge in [-0.25, -0.2) is 0 Å². The van der Waals surface area contributed by atoms with Crippen molar-refractivity contribution in [2.24, 2.45) is 5.92 Å². The Balaban J connectivity index is 1.87. The molecule has 2 aromatic rings. The topological polar surface area (TPSA) is 54.0 Å². The minimum absolute atomic E-state index is 0.0963. The van der Waals surface area contributed by atoms with Crippen molar-refractivity contribution in [2.45, 2.75) is 26.2 Å². The number of ketones is 1. The summed E-state index contributed by atoms with van der Waals surface area (Å²) >= 11 is 0. The van der Waals surface area contributed by atoms with Crippen LogP contribution in [0.4, 0.5) is 0 Å². The van der Waals surface area contributed by atoms with Gasteiger partial charge in [-0.05, 0) is 37.0 Å². The monoisotopic (exact) mass is 291 g/mol. The largest absolute Gasteiger partial charge is 0.461 e. The lowest BCUT2D eigenvalue weighted by Gasteiger charge is -2.02. The van der Waals surface area contributed by atoms with Gasteiger partial charge in [-0.3, -0.25) is 4.79 Å². The first kappa shape index (κ1) is 14.3. The van der Waals surface area contributed by atoms with Crippen molar-refractivity contribution in [3.63, 3.8) is 0 Å². The number of carbonyl (C=O) groups excluding carboxylic acids is 1. The molecule has 1 saturated carbocycles. The molecule has 0 amide bonds. The third kappa shape index (κ3) is 2.73. The van der Waals surface area contributed by atoms with Gasteiger partial charge in [-0.1, -0.05) is 31.2 Å². The molecule has 0 bridgehead atoms. The van der Waals surface area contributed by atoms with E-state index in [1.165, 1.54) is 6.08 Å². The molecule has 0 N–H and O–H groups in total. The molecule has 0 aliphatic heterocycles. The van der Waals surface area contributed by atoms with Gasteiger partial charge in [0.1, 0.15) is 23.2 Å².